The zero-order valence-corrected chi connectivity index (χ0v) is 62.7. The summed E-state index contributed by atoms with van der Waals surface area (Å²) in [6, 6.07) is 30.3. The number of phosphoric ester groups is 1. The first-order valence-electron chi connectivity index (χ1n) is 40.3. The number of benzene rings is 3. The van der Waals surface area contributed by atoms with Gasteiger partial charge in [-0.1, -0.05) is 401 Å². The maximum atomic E-state index is 15.3. The number of unbranched alkanes of at least 4 members (excludes halogenated alkanes) is 45. The van der Waals surface area contributed by atoms with Crippen LogP contribution in [0.2, 0.25) is 0 Å². The highest BCUT2D eigenvalue weighted by Gasteiger charge is 2.32. The Kier molecular flexibility index (Phi) is 61.5. The van der Waals surface area contributed by atoms with Crippen LogP contribution in [-0.4, -0.2) is 77.8 Å². The summed E-state index contributed by atoms with van der Waals surface area (Å²) in [5, 5.41) is 0. The molecule has 0 fully saturated rings. The van der Waals surface area contributed by atoms with Crippen molar-refractivity contribution in [2.45, 2.75) is 367 Å². The van der Waals surface area contributed by atoms with Crippen LogP contribution in [0.4, 0.5) is 0 Å². The molecule has 548 valence electrons. The standard InChI is InChI=1S/C84H147O10P/c1-4-7-10-13-16-19-22-25-28-31-34-37-40-43-46-58-67-86-73-82(89-70-79-61-52-49-53-62-79)76-92-95(85,93-77-83(90-71-80-63-54-50-55-64-80)74-87-68-59-47-44-41-38-35-32-29-26-23-20-17-14-11-8-5-2)94-78-84(91-72-81-65-56-51-57-66-81)75-88-69-60-48-45-42-39-36-33-30-27-24-21-18-15-12-9-6-3/h49-57,61-66,82-84H,4-48,58-60,67-78H2,1-3H3/t82-,83-,84-/m1/s1. The molecule has 10 nitrogen and oxygen atoms in total. The van der Waals surface area contributed by atoms with Crippen LogP contribution in [-0.2, 0) is 66.4 Å². The molecule has 3 rings (SSSR count). The van der Waals surface area contributed by atoms with Crippen LogP contribution in [0.1, 0.15) is 346 Å². The molecular weight excluding hydrogens is 1200 g/mol. The van der Waals surface area contributed by atoms with Gasteiger partial charge in [0.15, 0.2) is 0 Å². The maximum absolute atomic E-state index is 15.3. The first kappa shape index (κ1) is 86.8. The van der Waals surface area contributed by atoms with E-state index in [0.717, 1.165) is 55.2 Å². The Morgan fingerprint density at radius 3 is 0.611 bits per heavy atom. The van der Waals surface area contributed by atoms with Gasteiger partial charge in [0.1, 0.15) is 18.3 Å². The van der Waals surface area contributed by atoms with E-state index in [2.05, 4.69) is 20.8 Å². The highest BCUT2D eigenvalue weighted by atomic mass is 31.2. The predicted molar refractivity (Wildman–Crippen MR) is 402 cm³/mol. The van der Waals surface area contributed by atoms with Crippen molar-refractivity contribution in [2.75, 3.05) is 59.5 Å². The fraction of sp³-hybridized carbons (Fsp3) is 0.786. The van der Waals surface area contributed by atoms with Crippen molar-refractivity contribution in [1.82, 2.24) is 0 Å². The molecule has 0 aliphatic rings. The number of rotatable bonds is 75. The number of hydrogen-bond acceptors (Lipinski definition) is 10. The monoisotopic (exact) mass is 1350 g/mol. The molecule has 0 aromatic heterocycles. The molecule has 0 unspecified atom stereocenters. The van der Waals surface area contributed by atoms with Crippen molar-refractivity contribution in [3.8, 4) is 0 Å². The van der Waals surface area contributed by atoms with Gasteiger partial charge in [-0.15, -0.1) is 0 Å². The second-order valence-corrected chi connectivity index (χ2v) is 29.4. The minimum Gasteiger partial charge on any atom is -0.379 e. The van der Waals surface area contributed by atoms with E-state index < -0.39 is 26.1 Å². The van der Waals surface area contributed by atoms with Gasteiger partial charge in [-0.25, -0.2) is 4.57 Å². The third kappa shape index (κ3) is 55.9. The predicted octanol–water partition coefficient (Wildman–Crippen LogP) is 25.7. The summed E-state index contributed by atoms with van der Waals surface area (Å²) in [5.74, 6) is 0. The van der Waals surface area contributed by atoms with Crippen LogP contribution in [0, 0.1) is 0 Å². The zero-order valence-electron chi connectivity index (χ0n) is 61.8. The highest BCUT2D eigenvalue weighted by molar-refractivity contribution is 7.48. The number of phosphoric acid groups is 1. The second-order valence-electron chi connectivity index (χ2n) is 27.7. The summed E-state index contributed by atoms with van der Waals surface area (Å²) < 4.78 is 73.0. The van der Waals surface area contributed by atoms with Crippen LogP contribution in [0.25, 0.3) is 0 Å². The molecule has 3 aromatic carbocycles. The minimum atomic E-state index is -4.31. The van der Waals surface area contributed by atoms with Gasteiger partial charge in [0.2, 0.25) is 0 Å². The lowest BCUT2D eigenvalue weighted by molar-refractivity contribution is -0.0745. The fourth-order valence-corrected chi connectivity index (χ4v) is 13.6. The van der Waals surface area contributed by atoms with E-state index >= 15 is 4.57 Å². The van der Waals surface area contributed by atoms with Crippen LogP contribution < -0.4 is 0 Å². The summed E-state index contributed by atoms with van der Waals surface area (Å²) in [4.78, 5) is 0. The SMILES string of the molecule is CCCCCCCCCCCCCCCCCCOC[C@H](COP(=O)(OC[C@@H](COCCCCCCCCCCCCCCCCCC)OCc1ccccc1)OC[C@@H](COCCCCCCCCCCCCCCCCCC)OCc1ccccc1)OCc1ccccc1. The lowest BCUT2D eigenvalue weighted by atomic mass is 10.0. The van der Waals surface area contributed by atoms with E-state index in [4.69, 9.17) is 42.0 Å². The summed E-state index contributed by atoms with van der Waals surface area (Å²) in [6.45, 7) is 10.4. The van der Waals surface area contributed by atoms with Gasteiger partial charge >= 0.3 is 7.82 Å². The minimum absolute atomic E-state index is 0.0698. The quantitative estimate of drug-likeness (QED) is 0.0401. The van der Waals surface area contributed by atoms with E-state index in [0.29, 0.717) is 39.6 Å². The van der Waals surface area contributed by atoms with Gasteiger partial charge in [0, 0.05) is 19.8 Å². The second kappa shape index (κ2) is 67.4. The van der Waals surface area contributed by atoms with Gasteiger partial charge < -0.3 is 28.4 Å². The van der Waals surface area contributed by atoms with Crippen LogP contribution in [0.5, 0.6) is 0 Å². The summed E-state index contributed by atoms with van der Waals surface area (Å²) in [6.07, 6.45) is 61.8. The molecule has 0 amide bonds. The van der Waals surface area contributed by atoms with Gasteiger partial charge in [-0.05, 0) is 36.0 Å². The average molecular weight is 1350 g/mol. The van der Waals surface area contributed by atoms with Gasteiger partial charge in [-0.2, -0.15) is 0 Å². The molecule has 0 aliphatic heterocycles. The molecular formula is C84H147O10P. The Morgan fingerprint density at radius 1 is 0.242 bits per heavy atom. The topological polar surface area (TPSA) is 100 Å². The molecule has 0 heterocycles. The molecule has 95 heavy (non-hydrogen) atoms. The van der Waals surface area contributed by atoms with Crippen molar-refractivity contribution in [3.05, 3.63) is 108 Å². The van der Waals surface area contributed by atoms with E-state index in [1.54, 1.807) is 0 Å². The molecule has 0 aliphatic carbocycles. The summed E-state index contributed by atoms with van der Waals surface area (Å²) >= 11 is 0. The Bertz CT molecular complexity index is 1800. The van der Waals surface area contributed by atoms with Crippen molar-refractivity contribution >= 4 is 7.82 Å². The van der Waals surface area contributed by atoms with Crippen molar-refractivity contribution in [1.29, 1.82) is 0 Å². The molecule has 0 saturated heterocycles. The number of ether oxygens (including phenoxy) is 6. The van der Waals surface area contributed by atoms with Crippen LogP contribution in [0.3, 0.4) is 0 Å². The van der Waals surface area contributed by atoms with Crippen molar-refractivity contribution in [3.63, 3.8) is 0 Å². The van der Waals surface area contributed by atoms with Crippen molar-refractivity contribution < 1.29 is 46.6 Å². The normalized spacial score (nSPS) is 12.9. The van der Waals surface area contributed by atoms with Crippen LogP contribution in [0.15, 0.2) is 91.0 Å². The van der Waals surface area contributed by atoms with E-state index in [9.17, 15) is 0 Å². The first-order chi connectivity index (χ1) is 47.0. The Balaban J connectivity index is 1.60. The van der Waals surface area contributed by atoms with Crippen molar-refractivity contribution in [2.24, 2.45) is 0 Å². The molecule has 0 N–H and O–H groups in total. The molecule has 3 aromatic rings. The summed E-state index contributed by atoms with van der Waals surface area (Å²) in [5.41, 5.74) is 3.09. The lowest BCUT2D eigenvalue weighted by Crippen LogP contribution is -2.29. The maximum Gasteiger partial charge on any atom is 0.475 e. The first-order valence-corrected chi connectivity index (χ1v) is 41.7. The molecule has 11 heteroatoms. The third-order valence-electron chi connectivity index (χ3n) is 18.6. The summed E-state index contributed by atoms with van der Waals surface area (Å²) in [7, 11) is -4.31. The van der Waals surface area contributed by atoms with Gasteiger partial charge in [0.05, 0.1) is 59.5 Å². The van der Waals surface area contributed by atoms with Gasteiger partial charge in [0.25, 0.3) is 0 Å². The highest BCUT2D eigenvalue weighted by Crippen LogP contribution is 2.50. The lowest BCUT2D eigenvalue weighted by Gasteiger charge is -2.26. The Morgan fingerprint density at radius 2 is 0.421 bits per heavy atom. The molecule has 0 saturated carbocycles. The Hall–Kier alpha value is -2.47. The van der Waals surface area contributed by atoms with E-state index in [1.807, 2.05) is 91.0 Å². The Labute approximate surface area is 585 Å². The van der Waals surface area contributed by atoms with Gasteiger partial charge in [-0.3, -0.25) is 13.6 Å². The number of hydrogen-bond donors (Lipinski definition) is 0. The molecule has 0 bridgehead atoms. The molecule has 0 radical (unpaired) electrons. The smallest absolute Gasteiger partial charge is 0.379 e. The zero-order chi connectivity index (χ0) is 67.4. The largest absolute Gasteiger partial charge is 0.475 e. The van der Waals surface area contributed by atoms with E-state index in [1.165, 1.54) is 270 Å². The van der Waals surface area contributed by atoms with E-state index in [-0.39, 0.29) is 39.6 Å². The van der Waals surface area contributed by atoms with Crippen LogP contribution >= 0.6 is 7.82 Å². The third-order valence-corrected chi connectivity index (χ3v) is 20.0. The fourth-order valence-electron chi connectivity index (χ4n) is 12.3. The molecule has 0 spiro atoms. The average Bonchev–Trinajstić information content (AvgIpc) is 1.91. The molecule has 3 atom stereocenters.